The monoisotopic (exact) mass is 262 g/mol. The first-order valence-corrected chi connectivity index (χ1v) is 5.89. The van der Waals surface area contributed by atoms with E-state index in [1.54, 1.807) is 30.3 Å². The van der Waals surface area contributed by atoms with Crippen molar-refractivity contribution in [2.24, 2.45) is 0 Å². The third kappa shape index (κ3) is 3.23. The van der Waals surface area contributed by atoms with Gasteiger partial charge in [0.05, 0.1) is 13.2 Å². The van der Waals surface area contributed by atoms with Crippen LogP contribution in [0.15, 0.2) is 42.5 Å². The summed E-state index contributed by atoms with van der Waals surface area (Å²) in [7, 11) is 1.39. The summed E-state index contributed by atoms with van der Waals surface area (Å²) in [6.07, 6.45) is -0.526. The summed E-state index contributed by atoms with van der Waals surface area (Å²) in [5, 5.41) is 19.4. The van der Waals surface area contributed by atoms with Gasteiger partial charge >= 0.3 is 0 Å². The van der Waals surface area contributed by atoms with Gasteiger partial charge in [0.1, 0.15) is 5.75 Å². The van der Waals surface area contributed by atoms with Crippen molar-refractivity contribution in [2.45, 2.75) is 12.5 Å². The second-order valence-electron chi connectivity index (χ2n) is 4.28. The molecule has 0 aliphatic carbocycles. The van der Waals surface area contributed by atoms with Crippen LogP contribution in [0.1, 0.15) is 17.2 Å². The number of rotatable bonds is 4. The molecule has 1 atom stereocenters. The van der Waals surface area contributed by atoms with Gasteiger partial charge in [-0.2, -0.15) is 0 Å². The van der Waals surface area contributed by atoms with E-state index in [1.165, 1.54) is 19.2 Å². The molecule has 0 bridgehead atoms. The van der Waals surface area contributed by atoms with Crippen LogP contribution in [-0.4, -0.2) is 17.3 Å². The van der Waals surface area contributed by atoms with Crippen LogP contribution < -0.4 is 4.74 Å². The molecule has 2 rings (SSSR count). The molecule has 0 heterocycles. The third-order valence-corrected chi connectivity index (χ3v) is 2.90. The SMILES string of the molecule is COc1ccc(C(O)Cc2cccc(O)c2)cc1F. The van der Waals surface area contributed by atoms with E-state index in [0.29, 0.717) is 12.0 Å². The predicted molar refractivity (Wildman–Crippen MR) is 69.7 cm³/mol. The highest BCUT2D eigenvalue weighted by Gasteiger charge is 2.12. The second-order valence-corrected chi connectivity index (χ2v) is 4.28. The Labute approximate surface area is 110 Å². The number of phenolic OH excluding ortho intramolecular Hbond substituents is 1. The summed E-state index contributed by atoms with van der Waals surface area (Å²) < 4.78 is 18.4. The van der Waals surface area contributed by atoms with Crippen molar-refractivity contribution in [3.63, 3.8) is 0 Å². The second kappa shape index (κ2) is 5.71. The molecule has 0 aromatic heterocycles. The van der Waals surface area contributed by atoms with Gasteiger partial charge in [-0.25, -0.2) is 4.39 Å². The molecular formula is C15H15FO3. The molecule has 3 nitrogen and oxygen atoms in total. The number of hydrogen-bond acceptors (Lipinski definition) is 3. The molecule has 1 unspecified atom stereocenters. The summed E-state index contributed by atoms with van der Waals surface area (Å²) in [5.41, 5.74) is 1.25. The van der Waals surface area contributed by atoms with Crippen LogP contribution in [0.2, 0.25) is 0 Å². The summed E-state index contributed by atoms with van der Waals surface area (Å²) in [6, 6.07) is 11.0. The molecule has 19 heavy (non-hydrogen) atoms. The Bertz CT molecular complexity index is 569. The van der Waals surface area contributed by atoms with E-state index in [0.717, 1.165) is 5.56 Å². The van der Waals surface area contributed by atoms with Gasteiger partial charge in [0.25, 0.3) is 0 Å². The summed E-state index contributed by atoms with van der Waals surface area (Å²) >= 11 is 0. The minimum Gasteiger partial charge on any atom is -0.508 e. The highest BCUT2D eigenvalue weighted by Crippen LogP contribution is 2.25. The number of hydrogen-bond donors (Lipinski definition) is 2. The quantitative estimate of drug-likeness (QED) is 0.890. The molecule has 0 aliphatic rings. The Morgan fingerprint density at radius 3 is 2.63 bits per heavy atom. The summed E-state index contributed by atoms with van der Waals surface area (Å²) in [6.45, 7) is 0. The number of ether oxygens (including phenoxy) is 1. The van der Waals surface area contributed by atoms with Crippen LogP contribution in [0.25, 0.3) is 0 Å². The van der Waals surface area contributed by atoms with Crippen LogP contribution in [0.5, 0.6) is 11.5 Å². The van der Waals surface area contributed by atoms with Crippen LogP contribution in [0.4, 0.5) is 4.39 Å². The van der Waals surface area contributed by atoms with Gasteiger partial charge in [-0.1, -0.05) is 18.2 Å². The number of phenols is 1. The lowest BCUT2D eigenvalue weighted by molar-refractivity contribution is 0.177. The van der Waals surface area contributed by atoms with Crippen LogP contribution in [-0.2, 0) is 6.42 Å². The van der Waals surface area contributed by atoms with E-state index in [-0.39, 0.29) is 11.5 Å². The normalized spacial score (nSPS) is 12.2. The van der Waals surface area contributed by atoms with E-state index in [1.807, 2.05) is 0 Å². The zero-order valence-electron chi connectivity index (χ0n) is 10.5. The minimum absolute atomic E-state index is 0.144. The van der Waals surface area contributed by atoms with E-state index in [2.05, 4.69) is 0 Å². The number of benzene rings is 2. The lowest BCUT2D eigenvalue weighted by atomic mass is 10.0. The van der Waals surface area contributed by atoms with Gasteiger partial charge in [0, 0.05) is 6.42 Å². The first-order chi connectivity index (χ1) is 9.10. The first kappa shape index (κ1) is 13.4. The molecule has 0 fully saturated rings. The third-order valence-electron chi connectivity index (χ3n) is 2.90. The maximum atomic E-state index is 13.5. The van der Waals surface area contributed by atoms with Gasteiger partial charge in [-0.05, 0) is 35.4 Å². The van der Waals surface area contributed by atoms with Crippen molar-refractivity contribution in [3.8, 4) is 11.5 Å². The van der Waals surface area contributed by atoms with Crippen molar-refractivity contribution in [3.05, 3.63) is 59.4 Å². The Morgan fingerprint density at radius 2 is 2.00 bits per heavy atom. The van der Waals surface area contributed by atoms with Gasteiger partial charge < -0.3 is 14.9 Å². The fourth-order valence-corrected chi connectivity index (χ4v) is 1.91. The number of methoxy groups -OCH3 is 1. The first-order valence-electron chi connectivity index (χ1n) is 5.89. The lowest BCUT2D eigenvalue weighted by Gasteiger charge is -2.12. The average molecular weight is 262 g/mol. The van der Waals surface area contributed by atoms with Crippen LogP contribution in [0, 0.1) is 5.82 Å². The summed E-state index contributed by atoms with van der Waals surface area (Å²) in [5.74, 6) is -0.214. The largest absolute Gasteiger partial charge is 0.508 e. The van der Waals surface area contributed by atoms with E-state index in [9.17, 15) is 14.6 Å². The van der Waals surface area contributed by atoms with Gasteiger partial charge in [0.15, 0.2) is 11.6 Å². The molecule has 0 aliphatic heterocycles. The Kier molecular flexibility index (Phi) is 4.02. The fraction of sp³-hybridized carbons (Fsp3) is 0.200. The highest BCUT2D eigenvalue weighted by atomic mass is 19.1. The molecule has 0 spiro atoms. The van der Waals surface area contributed by atoms with Gasteiger partial charge in [0.2, 0.25) is 0 Å². The molecule has 0 amide bonds. The smallest absolute Gasteiger partial charge is 0.165 e. The Morgan fingerprint density at radius 1 is 1.21 bits per heavy atom. The minimum atomic E-state index is -0.831. The molecule has 0 radical (unpaired) electrons. The predicted octanol–water partition coefficient (Wildman–Crippen LogP) is 2.82. The van der Waals surface area contributed by atoms with E-state index in [4.69, 9.17) is 4.74 Å². The molecule has 0 saturated carbocycles. The van der Waals surface area contributed by atoms with Crippen LogP contribution in [0.3, 0.4) is 0 Å². The maximum absolute atomic E-state index is 13.5. The maximum Gasteiger partial charge on any atom is 0.165 e. The van der Waals surface area contributed by atoms with Gasteiger partial charge in [-0.3, -0.25) is 0 Å². The van der Waals surface area contributed by atoms with Crippen molar-refractivity contribution in [1.82, 2.24) is 0 Å². The van der Waals surface area contributed by atoms with Crippen molar-refractivity contribution in [2.75, 3.05) is 7.11 Å². The molecule has 2 aromatic carbocycles. The standard InChI is InChI=1S/C15H15FO3/c1-19-15-6-5-11(9-13(15)16)14(18)8-10-3-2-4-12(17)7-10/h2-7,9,14,17-18H,8H2,1H3. The van der Waals surface area contributed by atoms with E-state index >= 15 is 0 Å². The molecule has 100 valence electrons. The number of aliphatic hydroxyl groups is 1. The number of halogens is 1. The van der Waals surface area contributed by atoms with E-state index < -0.39 is 11.9 Å². The van der Waals surface area contributed by atoms with Gasteiger partial charge in [-0.15, -0.1) is 0 Å². The van der Waals surface area contributed by atoms with Crippen molar-refractivity contribution >= 4 is 0 Å². The Hall–Kier alpha value is -2.07. The Balaban J connectivity index is 2.15. The number of aliphatic hydroxyl groups excluding tert-OH is 1. The molecule has 2 N–H and O–H groups in total. The zero-order chi connectivity index (χ0) is 13.8. The van der Waals surface area contributed by atoms with Crippen LogP contribution >= 0.6 is 0 Å². The average Bonchev–Trinajstić information content (AvgIpc) is 2.38. The highest BCUT2D eigenvalue weighted by molar-refractivity contribution is 5.32. The fourth-order valence-electron chi connectivity index (χ4n) is 1.91. The number of aromatic hydroxyl groups is 1. The molecule has 2 aromatic rings. The lowest BCUT2D eigenvalue weighted by Crippen LogP contribution is -2.02. The van der Waals surface area contributed by atoms with Crippen molar-refractivity contribution < 1.29 is 19.3 Å². The van der Waals surface area contributed by atoms with Crippen molar-refractivity contribution in [1.29, 1.82) is 0 Å². The molecule has 4 heteroatoms. The molecular weight excluding hydrogens is 247 g/mol. The topological polar surface area (TPSA) is 49.7 Å². The summed E-state index contributed by atoms with van der Waals surface area (Å²) in [4.78, 5) is 0. The molecule has 0 saturated heterocycles. The zero-order valence-corrected chi connectivity index (χ0v) is 10.5.